The zero-order valence-corrected chi connectivity index (χ0v) is 14.6. The minimum absolute atomic E-state index is 0.282. The summed E-state index contributed by atoms with van der Waals surface area (Å²) in [5.74, 6) is 2.21. The molecule has 1 aromatic carbocycles. The Balaban J connectivity index is 1.84. The van der Waals surface area contributed by atoms with Gasteiger partial charge in [0.1, 0.15) is 0 Å². The van der Waals surface area contributed by atoms with Crippen LogP contribution in [-0.4, -0.2) is 40.0 Å². The predicted octanol–water partition coefficient (Wildman–Crippen LogP) is 2.90. The number of hydrogen-bond acceptors (Lipinski definition) is 4. The van der Waals surface area contributed by atoms with Gasteiger partial charge in [-0.15, -0.1) is 0 Å². The molecule has 128 valence electrons. The summed E-state index contributed by atoms with van der Waals surface area (Å²) in [6, 6.07) is 4.81. The molecule has 2 aliphatic rings. The fraction of sp³-hybridized carbons (Fsp3) is 0.647. The van der Waals surface area contributed by atoms with E-state index in [1.807, 2.05) is 0 Å². The van der Waals surface area contributed by atoms with Gasteiger partial charge in [-0.25, -0.2) is 8.42 Å². The molecule has 0 spiro atoms. The second kappa shape index (κ2) is 6.69. The predicted molar refractivity (Wildman–Crippen MR) is 88.4 cm³/mol. The van der Waals surface area contributed by atoms with Gasteiger partial charge in [0, 0.05) is 19.2 Å². The van der Waals surface area contributed by atoms with Crippen LogP contribution in [0.25, 0.3) is 0 Å². The Hall–Kier alpha value is -1.27. The third-order valence-corrected chi connectivity index (χ3v) is 7.11. The Morgan fingerprint density at radius 1 is 1.00 bits per heavy atom. The van der Waals surface area contributed by atoms with E-state index >= 15 is 0 Å². The third kappa shape index (κ3) is 3.19. The van der Waals surface area contributed by atoms with Crippen molar-refractivity contribution < 1.29 is 17.9 Å². The lowest BCUT2D eigenvalue weighted by Crippen LogP contribution is -2.44. The normalized spacial score (nSPS) is 25.7. The number of hydrogen-bond donors (Lipinski definition) is 0. The van der Waals surface area contributed by atoms with Gasteiger partial charge >= 0.3 is 0 Å². The maximum Gasteiger partial charge on any atom is 0.243 e. The lowest BCUT2D eigenvalue weighted by molar-refractivity contribution is 0.136. The van der Waals surface area contributed by atoms with Gasteiger partial charge in [-0.3, -0.25) is 0 Å². The Morgan fingerprint density at radius 3 is 2.39 bits per heavy atom. The summed E-state index contributed by atoms with van der Waals surface area (Å²) in [5, 5.41) is 0. The number of ether oxygens (including phenoxy) is 2. The van der Waals surface area contributed by atoms with Crippen LogP contribution in [0.2, 0.25) is 0 Å². The zero-order valence-electron chi connectivity index (χ0n) is 13.8. The molecule has 0 N–H and O–H groups in total. The number of nitrogens with zero attached hydrogens (tertiary/aromatic N) is 1. The molecule has 2 fully saturated rings. The summed E-state index contributed by atoms with van der Waals surface area (Å²) in [7, 11) is -0.415. The van der Waals surface area contributed by atoms with Crippen LogP contribution in [0.4, 0.5) is 0 Å². The number of benzene rings is 1. The van der Waals surface area contributed by atoms with Crippen LogP contribution >= 0.6 is 0 Å². The van der Waals surface area contributed by atoms with E-state index in [1.54, 1.807) is 29.6 Å². The first-order chi connectivity index (χ1) is 11.1. The first-order valence-electron chi connectivity index (χ1n) is 8.28. The van der Waals surface area contributed by atoms with Gasteiger partial charge in [0.15, 0.2) is 11.5 Å². The highest BCUT2D eigenvalue weighted by Crippen LogP contribution is 2.38. The van der Waals surface area contributed by atoms with E-state index in [4.69, 9.17) is 9.47 Å². The van der Waals surface area contributed by atoms with Gasteiger partial charge in [0.2, 0.25) is 10.0 Å². The van der Waals surface area contributed by atoms with Crippen LogP contribution in [0.5, 0.6) is 11.5 Å². The molecule has 1 aliphatic carbocycles. The molecule has 1 saturated carbocycles. The molecule has 1 saturated heterocycles. The molecular formula is C17H25NO4S. The van der Waals surface area contributed by atoms with E-state index in [0.29, 0.717) is 36.4 Å². The van der Waals surface area contributed by atoms with Gasteiger partial charge in [-0.1, -0.05) is 19.3 Å². The fourth-order valence-corrected chi connectivity index (χ4v) is 5.44. The Bertz CT molecular complexity index is 659. The first kappa shape index (κ1) is 16.6. The highest BCUT2D eigenvalue weighted by Gasteiger charge is 2.36. The van der Waals surface area contributed by atoms with Crippen molar-refractivity contribution in [3.8, 4) is 11.5 Å². The van der Waals surface area contributed by atoms with Gasteiger partial charge in [-0.2, -0.15) is 4.31 Å². The van der Waals surface area contributed by atoms with Crippen molar-refractivity contribution in [2.24, 2.45) is 11.8 Å². The van der Waals surface area contributed by atoms with Crippen molar-refractivity contribution in [2.75, 3.05) is 27.3 Å². The minimum Gasteiger partial charge on any atom is -0.493 e. The Morgan fingerprint density at radius 2 is 1.70 bits per heavy atom. The molecule has 0 unspecified atom stereocenters. The molecule has 2 atom stereocenters. The molecule has 0 radical (unpaired) electrons. The summed E-state index contributed by atoms with van der Waals surface area (Å²) in [5.41, 5.74) is 0. The van der Waals surface area contributed by atoms with Crippen LogP contribution < -0.4 is 9.47 Å². The molecule has 3 rings (SSSR count). The Kier molecular flexibility index (Phi) is 4.82. The maximum atomic E-state index is 13.0. The minimum atomic E-state index is -3.47. The number of fused-ring (bicyclic) bond motifs is 1. The lowest BCUT2D eigenvalue weighted by Gasteiger charge is -2.40. The molecule has 6 heteroatoms. The lowest BCUT2D eigenvalue weighted by atomic mass is 9.76. The maximum absolute atomic E-state index is 13.0. The summed E-state index contributed by atoms with van der Waals surface area (Å²) in [4.78, 5) is 0.282. The van der Waals surface area contributed by atoms with E-state index in [-0.39, 0.29) is 4.90 Å². The summed E-state index contributed by atoms with van der Waals surface area (Å²) < 4.78 is 38.0. The molecule has 23 heavy (non-hydrogen) atoms. The highest BCUT2D eigenvalue weighted by molar-refractivity contribution is 7.89. The average molecular weight is 339 g/mol. The van der Waals surface area contributed by atoms with Gasteiger partial charge in [-0.05, 0) is 36.8 Å². The van der Waals surface area contributed by atoms with Gasteiger partial charge in [0.25, 0.3) is 0 Å². The molecule has 1 aromatic rings. The summed E-state index contributed by atoms with van der Waals surface area (Å²) in [6.07, 6.45) is 5.92. The van der Waals surface area contributed by atoms with E-state index in [0.717, 1.165) is 12.8 Å². The topological polar surface area (TPSA) is 55.8 Å². The number of methoxy groups -OCH3 is 2. The molecule has 0 bridgehead atoms. The molecule has 5 nitrogen and oxygen atoms in total. The number of piperidine rings is 1. The smallest absolute Gasteiger partial charge is 0.243 e. The molecule has 0 amide bonds. The standard InChI is InChI=1S/C17H25NO4S/c1-21-16-8-7-15(11-17(16)22-2)23(19,20)18-10-9-13-5-3-4-6-14(13)12-18/h7-8,11,13-14H,3-6,9-10,12H2,1-2H3/t13-,14-/m1/s1. The van der Waals surface area contributed by atoms with Gasteiger partial charge < -0.3 is 9.47 Å². The number of rotatable bonds is 4. The molecule has 1 aliphatic heterocycles. The molecule has 0 aromatic heterocycles. The fourth-order valence-electron chi connectivity index (χ4n) is 3.91. The van der Waals surface area contributed by atoms with Crippen molar-refractivity contribution >= 4 is 10.0 Å². The van der Waals surface area contributed by atoms with Crippen LogP contribution in [0.1, 0.15) is 32.1 Å². The van der Waals surface area contributed by atoms with Crippen molar-refractivity contribution in [2.45, 2.75) is 37.0 Å². The van der Waals surface area contributed by atoms with Crippen LogP contribution in [0.15, 0.2) is 23.1 Å². The molecular weight excluding hydrogens is 314 g/mol. The first-order valence-corrected chi connectivity index (χ1v) is 9.72. The van der Waals surface area contributed by atoms with E-state index in [9.17, 15) is 8.42 Å². The zero-order chi connectivity index (χ0) is 16.4. The van der Waals surface area contributed by atoms with Gasteiger partial charge in [0.05, 0.1) is 19.1 Å². The van der Waals surface area contributed by atoms with Crippen molar-refractivity contribution in [1.29, 1.82) is 0 Å². The van der Waals surface area contributed by atoms with Crippen LogP contribution in [0, 0.1) is 11.8 Å². The highest BCUT2D eigenvalue weighted by atomic mass is 32.2. The number of sulfonamides is 1. The monoisotopic (exact) mass is 339 g/mol. The van der Waals surface area contributed by atoms with E-state index < -0.39 is 10.0 Å². The van der Waals surface area contributed by atoms with Crippen molar-refractivity contribution in [3.63, 3.8) is 0 Å². The molecule has 1 heterocycles. The second-order valence-electron chi connectivity index (χ2n) is 6.47. The van der Waals surface area contributed by atoms with Crippen molar-refractivity contribution in [1.82, 2.24) is 4.31 Å². The SMILES string of the molecule is COc1ccc(S(=O)(=O)N2CC[C@H]3CCCC[C@@H]3C2)cc1OC. The average Bonchev–Trinajstić information content (AvgIpc) is 2.60. The van der Waals surface area contributed by atoms with Crippen molar-refractivity contribution in [3.05, 3.63) is 18.2 Å². The summed E-state index contributed by atoms with van der Waals surface area (Å²) in [6.45, 7) is 1.28. The van der Waals surface area contributed by atoms with Crippen LogP contribution in [0.3, 0.4) is 0 Å². The summed E-state index contributed by atoms with van der Waals surface area (Å²) >= 11 is 0. The quantitative estimate of drug-likeness (QED) is 0.846. The second-order valence-corrected chi connectivity index (χ2v) is 8.41. The third-order valence-electron chi connectivity index (χ3n) is 5.25. The Labute approximate surface area is 138 Å². The largest absolute Gasteiger partial charge is 0.493 e. The van der Waals surface area contributed by atoms with Crippen LogP contribution in [-0.2, 0) is 10.0 Å². The van der Waals surface area contributed by atoms with E-state index in [2.05, 4.69) is 0 Å². The van der Waals surface area contributed by atoms with E-state index in [1.165, 1.54) is 26.4 Å².